The summed E-state index contributed by atoms with van der Waals surface area (Å²) in [5, 5.41) is 2.73. The lowest BCUT2D eigenvalue weighted by Crippen LogP contribution is -2.32. The number of hydrogen-bond acceptors (Lipinski definition) is 4. The number of likely N-dealkylation sites (tertiary alicyclic amines) is 1. The fourth-order valence-electron chi connectivity index (χ4n) is 2.84. The molecule has 0 unspecified atom stereocenters. The number of carbonyl (C=O) groups excluding carboxylic acids is 2. The monoisotopic (exact) mass is 399 g/mol. The van der Waals surface area contributed by atoms with E-state index in [0.717, 1.165) is 38.8 Å². The average Bonchev–Trinajstić information content (AvgIpc) is 3.22. The van der Waals surface area contributed by atoms with Crippen molar-refractivity contribution in [3.05, 3.63) is 28.8 Å². The summed E-state index contributed by atoms with van der Waals surface area (Å²) < 4.78 is 27.3. The molecule has 1 aromatic carbocycles. The van der Waals surface area contributed by atoms with Crippen LogP contribution in [0.15, 0.2) is 23.1 Å². The van der Waals surface area contributed by atoms with Crippen LogP contribution in [0.3, 0.4) is 0 Å². The number of carbonyl (C=O) groups is 2. The highest BCUT2D eigenvalue weighted by atomic mass is 35.5. The van der Waals surface area contributed by atoms with Crippen LogP contribution < -0.4 is 10.0 Å². The third-order valence-corrected chi connectivity index (χ3v) is 6.47. The van der Waals surface area contributed by atoms with E-state index in [0.29, 0.717) is 0 Å². The number of rotatable bonds is 7. The Hall–Kier alpha value is -1.64. The van der Waals surface area contributed by atoms with Crippen molar-refractivity contribution in [2.24, 2.45) is 0 Å². The SMILES string of the molecule is O=C(NCCC(=O)N1CCCC1)c1ccc(Cl)c(S(=O)(=O)NC2CC2)c1. The number of amides is 2. The van der Waals surface area contributed by atoms with Crippen LogP contribution in [0.2, 0.25) is 5.02 Å². The normalized spacial score (nSPS) is 17.3. The van der Waals surface area contributed by atoms with Gasteiger partial charge in [0.25, 0.3) is 5.91 Å². The summed E-state index contributed by atoms with van der Waals surface area (Å²) in [7, 11) is -3.75. The first-order valence-corrected chi connectivity index (χ1v) is 10.6. The fourth-order valence-corrected chi connectivity index (χ4v) is 4.67. The molecule has 2 aliphatic rings. The molecule has 2 N–H and O–H groups in total. The van der Waals surface area contributed by atoms with E-state index in [2.05, 4.69) is 10.0 Å². The Kier molecular flexibility index (Phi) is 5.84. The number of sulfonamides is 1. The minimum atomic E-state index is -3.75. The second-order valence-electron chi connectivity index (χ2n) is 6.63. The average molecular weight is 400 g/mol. The maximum Gasteiger partial charge on any atom is 0.251 e. The zero-order valence-electron chi connectivity index (χ0n) is 14.3. The molecular formula is C17H22ClN3O4S. The Morgan fingerprint density at radius 2 is 1.88 bits per heavy atom. The molecule has 2 fully saturated rings. The van der Waals surface area contributed by atoms with E-state index in [1.54, 1.807) is 4.90 Å². The molecule has 0 radical (unpaired) electrons. The Bertz CT molecular complexity index is 802. The van der Waals surface area contributed by atoms with Crippen LogP contribution in [0, 0.1) is 0 Å². The molecular weight excluding hydrogens is 378 g/mol. The van der Waals surface area contributed by atoms with E-state index >= 15 is 0 Å². The Labute approximate surface area is 158 Å². The molecule has 1 aliphatic heterocycles. The summed E-state index contributed by atoms with van der Waals surface area (Å²) in [6.45, 7) is 1.76. The molecule has 0 atom stereocenters. The molecule has 1 aliphatic carbocycles. The molecule has 1 aromatic rings. The minimum absolute atomic E-state index is 0.0239. The molecule has 2 amide bonds. The Morgan fingerprint density at radius 1 is 1.19 bits per heavy atom. The van der Waals surface area contributed by atoms with Crippen LogP contribution in [0.1, 0.15) is 42.5 Å². The second-order valence-corrected chi connectivity index (χ2v) is 8.72. The van der Waals surface area contributed by atoms with Crippen molar-refractivity contribution in [2.75, 3.05) is 19.6 Å². The Morgan fingerprint density at radius 3 is 2.54 bits per heavy atom. The van der Waals surface area contributed by atoms with Gasteiger partial charge in [0.15, 0.2) is 0 Å². The first-order chi connectivity index (χ1) is 12.4. The van der Waals surface area contributed by atoms with Gasteiger partial charge < -0.3 is 10.2 Å². The summed E-state index contributed by atoms with van der Waals surface area (Å²) in [6, 6.07) is 4.08. The zero-order chi connectivity index (χ0) is 18.7. The highest BCUT2D eigenvalue weighted by molar-refractivity contribution is 7.89. The van der Waals surface area contributed by atoms with E-state index in [-0.39, 0.29) is 40.4 Å². The van der Waals surface area contributed by atoms with Gasteiger partial charge >= 0.3 is 0 Å². The van der Waals surface area contributed by atoms with Gasteiger partial charge in [-0.2, -0.15) is 0 Å². The molecule has 0 bridgehead atoms. The molecule has 0 spiro atoms. The smallest absolute Gasteiger partial charge is 0.251 e. The lowest BCUT2D eigenvalue weighted by Gasteiger charge is -2.15. The topological polar surface area (TPSA) is 95.6 Å². The van der Waals surface area contributed by atoms with Gasteiger partial charge in [0.05, 0.1) is 5.02 Å². The summed E-state index contributed by atoms with van der Waals surface area (Å²) in [6.07, 6.45) is 3.89. The van der Waals surface area contributed by atoms with Crippen molar-refractivity contribution in [2.45, 2.75) is 43.0 Å². The van der Waals surface area contributed by atoms with E-state index in [1.165, 1.54) is 18.2 Å². The van der Waals surface area contributed by atoms with Crippen molar-refractivity contribution in [1.82, 2.24) is 14.9 Å². The van der Waals surface area contributed by atoms with Crippen LogP contribution in [-0.2, 0) is 14.8 Å². The summed E-state index contributed by atoms with van der Waals surface area (Å²) >= 11 is 6.01. The molecule has 9 heteroatoms. The quantitative estimate of drug-likeness (QED) is 0.726. The Balaban J connectivity index is 1.60. The number of nitrogens with one attached hydrogen (secondary N) is 2. The van der Waals surface area contributed by atoms with Gasteiger partial charge in [0.2, 0.25) is 15.9 Å². The van der Waals surface area contributed by atoms with Crippen molar-refractivity contribution in [3.8, 4) is 0 Å². The predicted molar refractivity (Wildman–Crippen MR) is 97.6 cm³/mol. The van der Waals surface area contributed by atoms with Gasteiger partial charge in [-0.25, -0.2) is 13.1 Å². The van der Waals surface area contributed by atoms with Gasteiger partial charge in [-0.3, -0.25) is 9.59 Å². The molecule has 142 valence electrons. The zero-order valence-corrected chi connectivity index (χ0v) is 15.9. The number of halogens is 1. The third-order valence-electron chi connectivity index (χ3n) is 4.47. The van der Waals surface area contributed by atoms with Crippen LogP contribution in [0.5, 0.6) is 0 Å². The summed E-state index contributed by atoms with van der Waals surface area (Å²) in [5.74, 6) is -0.408. The molecule has 0 aromatic heterocycles. The van der Waals surface area contributed by atoms with Crippen LogP contribution in [-0.4, -0.2) is 50.8 Å². The van der Waals surface area contributed by atoms with Gasteiger partial charge in [-0.05, 0) is 43.9 Å². The van der Waals surface area contributed by atoms with E-state index in [1.807, 2.05) is 0 Å². The molecule has 1 saturated heterocycles. The molecule has 1 saturated carbocycles. The first-order valence-electron chi connectivity index (χ1n) is 8.75. The summed E-state index contributed by atoms with van der Waals surface area (Å²) in [4.78, 5) is 25.9. The number of nitrogens with zero attached hydrogens (tertiary/aromatic N) is 1. The molecule has 26 heavy (non-hydrogen) atoms. The third kappa shape index (κ3) is 4.75. The van der Waals surface area contributed by atoms with Crippen molar-refractivity contribution in [1.29, 1.82) is 0 Å². The predicted octanol–water partition coefficient (Wildman–Crippen LogP) is 1.52. The lowest BCUT2D eigenvalue weighted by molar-refractivity contribution is -0.129. The maximum atomic E-state index is 12.4. The highest BCUT2D eigenvalue weighted by Gasteiger charge is 2.29. The van der Waals surface area contributed by atoms with Crippen LogP contribution in [0.25, 0.3) is 0 Å². The van der Waals surface area contributed by atoms with Crippen molar-refractivity contribution >= 4 is 33.4 Å². The van der Waals surface area contributed by atoms with E-state index in [9.17, 15) is 18.0 Å². The highest BCUT2D eigenvalue weighted by Crippen LogP contribution is 2.26. The van der Waals surface area contributed by atoms with Gasteiger partial charge in [0, 0.05) is 37.7 Å². The van der Waals surface area contributed by atoms with Crippen molar-refractivity contribution < 1.29 is 18.0 Å². The van der Waals surface area contributed by atoms with Crippen LogP contribution >= 0.6 is 11.6 Å². The molecule has 1 heterocycles. The largest absolute Gasteiger partial charge is 0.352 e. The van der Waals surface area contributed by atoms with Crippen LogP contribution in [0.4, 0.5) is 0 Å². The first kappa shape index (κ1) is 19.1. The molecule has 7 nitrogen and oxygen atoms in total. The minimum Gasteiger partial charge on any atom is -0.352 e. The van der Waals surface area contributed by atoms with E-state index < -0.39 is 15.9 Å². The lowest BCUT2D eigenvalue weighted by atomic mass is 10.2. The van der Waals surface area contributed by atoms with Gasteiger partial charge in [-0.15, -0.1) is 0 Å². The van der Waals surface area contributed by atoms with E-state index in [4.69, 9.17) is 11.6 Å². The second kappa shape index (κ2) is 7.94. The van der Waals surface area contributed by atoms with Gasteiger partial charge in [0.1, 0.15) is 4.90 Å². The maximum absolute atomic E-state index is 12.4. The number of hydrogen-bond donors (Lipinski definition) is 2. The fraction of sp³-hybridized carbons (Fsp3) is 0.529. The molecule has 3 rings (SSSR count). The van der Waals surface area contributed by atoms with Crippen molar-refractivity contribution in [3.63, 3.8) is 0 Å². The summed E-state index contributed by atoms with van der Waals surface area (Å²) in [5.41, 5.74) is 0.194. The number of benzene rings is 1. The standard InChI is InChI=1S/C17H22ClN3O4S/c18-14-6-3-12(11-15(14)26(24,25)20-13-4-5-13)17(23)19-8-7-16(22)21-9-1-2-10-21/h3,6,11,13,20H,1-2,4-5,7-10H2,(H,19,23). The van der Waals surface area contributed by atoms with Gasteiger partial charge in [-0.1, -0.05) is 11.6 Å².